The number of halogens is 1. The molecular weight excluding hydrogens is 282 g/mol. The summed E-state index contributed by atoms with van der Waals surface area (Å²) in [7, 11) is 0. The zero-order valence-electron chi connectivity index (χ0n) is 9.84. The number of thiophene rings is 1. The number of rotatable bonds is 3. The van der Waals surface area contributed by atoms with Crippen molar-refractivity contribution in [1.29, 1.82) is 0 Å². The lowest BCUT2D eigenvalue weighted by atomic mass is 9.85. The lowest BCUT2D eigenvalue weighted by Crippen LogP contribution is -2.16. The van der Waals surface area contributed by atoms with Crippen LogP contribution in [0.1, 0.15) is 54.3 Å². The molecule has 0 aliphatic heterocycles. The van der Waals surface area contributed by atoms with Crippen LogP contribution in [0.3, 0.4) is 0 Å². The zero-order valence-corrected chi connectivity index (χ0v) is 12.2. The van der Waals surface area contributed by atoms with Gasteiger partial charge in [-0.15, -0.1) is 11.3 Å². The maximum absolute atomic E-state index is 6.30. The molecule has 2 rings (SSSR count). The Morgan fingerprint density at radius 1 is 1.44 bits per heavy atom. The molecule has 0 saturated heterocycles. The van der Waals surface area contributed by atoms with Crippen molar-refractivity contribution in [3.05, 3.63) is 20.3 Å². The van der Waals surface area contributed by atoms with Gasteiger partial charge in [-0.1, -0.05) is 32.1 Å². The van der Waals surface area contributed by atoms with E-state index in [1.165, 1.54) is 52.8 Å². The molecule has 1 aromatic rings. The van der Waals surface area contributed by atoms with Gasteiger partial charge in [-0.05, 0) is 41.3 Å². The van der Waals surface area contributed by atoms with E-state index in [9.17, 15) is 0 Å². The van der Waals surface area contributed by atoms with Crippen molar-refractivity contribution in [3.63, 3.8) is 0 Å². The smallest absolute Gasteiger partial charge is 0.0392 e. The monoisotopic (exact) mass is 301 g/mol. The van der Waals surface area contributed by atoms with Gasteiger partial charge in [0.2, 0.25) is 0 Å². The van der Waals surface area contributed by atoms with E-state index in [0.29, 0.717) is 0 Å². The van der Waals surface area contributed by atoms with Gasteiger partial charge in [0, 0.05) is 20.3 Å². The molecule has 0 bridgehead atoms. The Hall–Kier alpha value is 0.140. The molecule has 3 heteroatoms. The molecule has 0 radical (unpaired) electrons. The van der Waals surface area contributed by atoms with Crippen LogP contribution in [0.25, 0.3) is 0 Å². The molecule has 1 aromatic heterocycles. The summed E-state index contributed by atoms with van der Waals surface area (Å²) >= 11 is 5.40. The van der Waals surface area contributed by atoms with E-state index in [1.807, 2.05) is 11.3 Å². The fourth-order valence-corrected chi connectivity index (χ4v) is 4.14. The summed E-state index contributed by atoms with van der Waals surface area (Å²) < 4.78 is 1.21. The Bertz CT molecular complexity index is 322. The van der Waals surface area contributed by atoms with Crippen molar-refractivity contribution in [2.45, 2.75) is 51.5 Å². The topological polar surface area (TPSA) is 26.0 Å². The number of aryl methyl sites for hydroxylation is 1. The molecule has 0 aromatic carbocycles. The van der Waals surface area contributed by atoms with Crippen LogP contribution in [0.2, 0.25) is 0 Å². The van der Waals surface area contributed by atoms with Gasteiger partial charge < -0.3 is 5.73 Å². The van der Waals surface area contributed by atoms with Gasteiger partial charge in [0.25, 0.3) is 0 Å². The van der Waals surface area contributed by atoms with Gasteiger partial charge in [-0.3, -0.25) is 0 Å². The second-order valence-electron chi connectivity index (χ2n) is 4.90. The van der Waals surface area contributed by atoms with E-state index in [-0.39, 0.29) is 6.04 Å². The maximum Gasteiger partial charge on any atom is 0.0392 e. The quantitative estimate of drug-likeness (QED) is 0.853. The third kappa shape index (κ3) is 3.08. The molecule has 1 heterocycles. The molecule has 1 aliphatic rings. The summed E-state index contributed by atoms with van der Waals surface area (Å²) in [5.41, 5.74) is 6.30. The highest BCUT2D eigenvalue weighted by atomic mass is 79.9. The van der Waals surface area contributed by atoms with E-state index in [4.69, 9.17) is 5.73 Å². The van der Waals surface area contributed by atoms with E-state index >= 15 is 0 Å². The molecule has 90 valence electrons. The molecule has 1 nitrogen and oxygen atoms in total. The van der Waals surface area contributed by atoms with Crippen LogP contribution in [0.5, 0.6) is 0 Å². The second-order valence-corrected chi connectivity index (χ2v) is 7.04. The van der Waals surface area contributed by atoms with Crippen LogP contribution in [-0.4, -0.2) is 0 Å². The minimum absolute atomic E-state index is 0.248. The van der Waals surface area contributed by atoms with E-state index in [1.54, 1.807) is 0 Å². The van der Waals surface area contributed by atoms with Crippen LogP contribution in [0.15, 0.2) is 10.5 Å². The first-order valence-electron chi connectivity index (χ1n) is 6.18. The van der Waals surface area contributed by atoms with Crippen LogP contribution in [-0.2, 0) is 0 Å². The Morgan fingerprint density at radius 3 is 2.69 bits per heavy atom. The van der Waals surface area contributed by atoms with Crippen molar-refractivity contribution in [3.8, 4) is 0 Å². The molecular formula is C13H20BrNS. The molecule has 16 heavy (non-hydrogen) atoms. The summed E-state index contributed by atoms with van der Waals surface area (Å²) in [5.74, 6) is 0.866. The van der Waals surface area contributed by atoms with Crippen molar-refractivity contribution in [2.75, 3.05) is 0 Å². The minimum atomic E-state index is 0.248. The summed E-state index contributed by atoms with van der Waals surface area (Å²) in [4.78, 5) is 2.68. The normalized spacial score (nSPS) is 19.9. The molecule has 1 aliphatic carbocycles. The summed E-state index contributed by atoms with van der Waals surface area (Å²) in [5, 5.41) is 0. The number of hydrogen-bond donors (Lipinski definition) is 1. The first-order chi connectivity index (χ1) is 7.66. The Labute approximate surface area is 111 Å². The molecule has 0 amide bonds. The molecule has 1 atom stereocenters. The van der Waals surface area contributed by atoms with Crippen molar-refractivity contribution in [2.24, 2.45) is 11.7 Å². The van der Waals surface area contributed by atoms with Crippen LogP contribution in [0, 0.1) is 12.8 Å². The number of nitrogens with two attached hydrogens (primary N) is 1. The predicted octanol–water partition coefficient (Wildman–Crippen LogP) is 4.79. The summed E-state index contributed by atoms with van der Waals surface area (Å²) in [6.45, 7) is 2.14. The molecule has 1 saturated carbocycles. The Balaban J connectivity index is 1.93. The van der Waals surface area contributed by atoms with Gasteiger partial charge in [0.05, 0.1) is 0 Å². The maximum atomic E-state index is 6.30. The average molecular weight is 302 g/mol. The predicted molar refractivity (Wildman–Crippen MR) is 74.9 cm³/mol. The van der Waals surface area contributed by atoms with Crippen molar-refractivity contribution in [1.82, 2.24) is 0 Å². The van der Waals surface area contributed by atoms with Gasteiger partial charge in [-0.25, -0.2) is 0 Å². The SMILES string of the molecule is Cc1sc(C(N)CC2CCCCC2)cc1Br. The minimum Gasteiger partial charge on any atom is -0.323 e. The molecule has 1 unspecified atom stereocenters. The van der Waals surface area contributed by atoms with Gasteiger partial charge in [0.1, 0.15) is 0 Å². The van der Waals surface area contributed by atoms with Gasteiger partial charge >= 0.3 is 0 Å². The molecule has 2 N–H and O–H groups in total. The first-order valence-corrected chi connectivity index (χ1v) is 7.79. The van der Waals surface area contributed by atoms with Crippen LogP contribution in [0.4, 0.5) is 0 Å². The summed E-state index contributed by atoms with van der Waals surface area (Å²) in [6, 6.07) is 2.45. The van der Waals surface area contributed by atoms with Gasteiger partial charge in [-0.2, -0.15) is 0 Å². The van der Waals surface area contributed by atoms with Gasteiger partial charge in [0.15, 0.2) is 0 Å². The molecule has 1 fully saturated rings. The fraction of sp³-hybridized carbons (Fsp3) is 0.692. The number of hydrogen-bond acceptors (Lipinski definition) is 2. The highest BCUT2D eigenvalue weighted by Crippen LogP contribution is 2.35. The highest BCUT2D eigenvalue weighted by Gasteiger charge is 2.19. The summed E-state index contributed by atoms with van der Waals surface area (Å²) in [6.07, 6.45) is 8.19. The lowest BCUT2D eigenvalue weighted by molar-refractivity contribution is 0.320. The third-order valence-electron chi connectivity index (χ3n) is 3.55. The standard InChI is InChI=1S/C13H20BrNS/c1-9-11(14)8-13(16-9)12(15)7-10-5-3-2-4-6-10/h8,10,12H,2-7,15H2,1H3. The fourth-order valence-electron chi connectivity index (χ4n) is 2.56. The first kappa shape index (κ1) is 12.6. The van der Waals surface area contributed by atoms with Crippen molar-refractivity contribution < 1.29 is 0 Å². The van der Waals surface area contributed by atoms with Crippen LogP contribution >= 0.6 is 27.3 Å². The highest BCUT2D eigenvalue weighted by molar-refractivity contribution is 9.10. The molecule has 0 spiro atoms. The average Bonchev–Trinajstić information content (AvgIpc) is 2.61. The van der Waals surface area contributed by atoms with Crippen LogP contribution < -0.4 is 5.73 Å². The zero-order chi connectivity index (χ0) is 11.5. The van der Waals surface area contributed by atoms with Crippen molar-refractivity contribution >= 4 is 27.3 Å². The van der Waals surface area contributed by atoms with E-state index < -0.39 is 0 Å². The lowest BCUT2D eigenvalue weighted by Gasteiger charge is -2.24. The largest absolute Gasteiger partial charge is 0.323 e. The second kappa shape index (κ2) is 5.65. The van der Waals surface area contributed by atoms with E-state index in [2.05, 4.69) is 28.9 Å². The Morgan fingerprint density at radius 2 is 2.12 bits per heavy atom. The third-order valence-corrected chi connectivity index (χ3v) is 5.82. The Kier molecular flexibility index (Phi) is 4.45. The van der Waals surface area contributed by atoms with E-state index in [0.717, 1.165) is 5.92 Å².